The van der Waals surface area contributed by atoms with Crippen LogP contribution in [0, 0.1) is 0 Å². The summed E-state index contributed by atoms with van der Waals surface area (Å²) in [5.74, 6) is 0. The maximum Gasteiger partial charge on any atom is 0.0737 e. The van der Waals surface area contributed by atoms with Crippen molar-refractivity contribution in [1.29, 1.82) is 0 Å². The molecule has 0 radical (unpaired) electrons. The minimum atomic E-state index is 0.530. The van der Waals surface area contributed by atoms with E-state index in [1.807, 2.05) is 24.4 Å². The molecule has 0 bridgehead atoms. The number of hydrogen-bond acceptors (Lipinski definition) is 3. The first-order valence-corrected chi connectivity index (χ1v) is 7.52. The number of likely N-dealkylation sites (tertiary alicyclic amines) is 1. The Morgan fingerprint density at radius 1 is 1.35 bits per heavy atom. The van der Waals surface area contributed by atoms with Crippen LogP contribution in [0.1, 0.15) is 19.8 Å². The fraction of sp³-hybridized carbons (Fsp3) is 0.438. The van der Waals surface area contributed by atoms with E-state index in [-0.39, 0.29) is 0 Å². The van der Waals surface area contributed by atoms with Crippen molar-refractivity contribution in [3.05, 3.63) is 35.5 Å². The van der Waals surface area contributed by atoms with Crippen molar-refractivity contribution >= 4 is 28.2 Å². The first kappa shape index (κ1) is 13.7. The minimum absolute atomic E-state index is 0.530. The van der Waals surface area contributed by atoms with Crippen LogP contribution in [-0.2, 0) is 0 Å². The quantitative estimate of drug-likeness (QED) is 0.912. The molecule has 2 atom stereocenters. The summed E-state index contributed by atoms with van der Waals surface area (Å²) in [6.07, 6.45) is 4.20. The van der Waals surface area contributed by atoms with Crippen LogP contribution in [-0.4, -0.2) is 35.6 Å². The van der Waals surface area contributed by atoms with E-state index in [9.17, 15) is 0 Å². The van der Waals surface area contributed by atoms with Crippen LogP contribution in [0.4, 0.5) is 5.69 Å². The van der Waals surface area contributed by atoms with Crippen molar-refractivity contribution in [2.75, 3.05) is 18.9 Å². The maximum atomic E-state index is 6.03. The van der Waals surface area contributed by atoms with Gasteiger partial charge in [-0.25, -0.2) is 0 Å². The van der Waals surface area contributed by atoms with E-state index < -0.39 is 0 Å². The van der Waals surface area contributed by atoms with Crippen molar-refractivity contribution in [1.82, 2.24) is 9.88 Å². The zero-order valence-corrected chi connectivity index (χ0v) is 12.7. The van der Waals surface area contributed by atoms with Crippen molar-refractivity contribution in [2.45, 2.75) is 31.8 Å². The largest absolute Gasteiger partial charge is 0.382 e. The number of halogens is 1. The summed E-state index contributed by atoms with van der Waals surface area (Å²) in [7, 11) is 2.20. The second-order valence-corrected chi connectivity index (χ2v) is 6.15. The summed E-state index contributed by atoms with van der Waals surface area (Å²) in [6.45, 7) is 3.44. The van der Waals surface area contributed by atoms with E-state index in [1.165, 1.54) is 12.8 Å². The van der Waals surface area contributed by atoms with Crippen molar-refractivity contribution < 1.29 is 0 Å². The Morgan fingerprint density at radius 3 is 3.00 bits per heavy atom. The summed E-state index contributed by atoms with van der Waals surface area (Å²) in [5.41, 5.74) is 2.11. The molecule has 2 aromatic rings. The number of hydrogen-bond donors (Lipinski definition) is 1. The zero-order valence-electron chi connectivity index (χ0n) is 11.9. The molecular formula is C16H20ClN3. The molecule has 20 heavy (non-hydrogen) atoms. The number of anilines is 1. The van der Waals surface area contributed by atoms with Gasteiger partial charge in [-0.05, 0) is 51.1 Å². The Kier molecular flexibility index (Phi) is 3.81. The summed E-state index contributed by atoms with van der Waals surface area (Å²) in [6, 6.07) is 9.10. The number of aromatic nitrogens is 1. The van der Waals surface area contributed by atoms with E-state index >= 15 is 0 Å². The van der Waals surface area contributed by atoms with Crippen LogP contribution in [0.5, 0.6) is 0 Å². The molecule has 3 nitrogen and oxygen atoms in total. The fourth-order valence-corrected chi connectivity index (χ4v) is 3.05. The van der Waals surface area contributed by atoms with Crippen LogP contribution in [0.3, 0.4) is 0 Å². The van der Waals surface area contributed by atoms with Gasteiger partial charge < -0.3 is 10.2 Å². The molecule has 1 aliphatic heterocycles. The second-order valence-electron chi connectivity index (χ2n) is 5.72. The smallest absolute Gasteiger partial charge is 0.0737 e. The molecular weight excluding hydrogens is 270 g/mol. The molecule has 1 aromatic carbocycles. The van der Waals surface area contributed by atoms with Crippen LogP contribution in [0.25, 0.3) is 10.9 Å². The van der Waals surface area contributed by atoms with Gasteiger partial charge in [-0.2, -0.15) is 0 Å². The van der Waals surface area contributed by atoms with E-state index in [0.29, 0.717) is 12.1 Å². The normalized spacial score (nSPS) is 23.9. The molecule has 1 saturated heterocycles. The topological polar surface area (TPSA) is 28.2 Å². The first-order chi connectivity index (χ1) is 9.63. The average Bonchev–Trinajstić information content (AvgIpc) is 2.43. The highest BCUT2D eigenvalue weighted by atomic mass is 35.5. The molecule has 4 heteroatoms. The summed E-state index contributed by atoms with van der Waals surface area (Å²) < 4.78 is 0. The summed E-state index contributed by atoms with van der Waals surface area (Å²) in [5, 5.41) is 5.56. The lowest BCUT2D eigenvalue weighted by molar-refractivity contribution is 0.190. The van der Waals surface area contributed by atoms with Gasteiger partial charge in [0.05, 0.1) is 5.52 Å². The van der Waals surface area contributed by atoms with Crippen molar-refractivity contribution in [3.63, 3.8) is 0 Å². The number of nitrogens with one attached hydrogen (secondary N) is 1. The molecule has 3 rings (SSSR count). The molecule has 2 unspecified atom stereocenters. The van der Waals surface area contributed by atoms with Gasteiger partial charge >= 0.3 is 0 Å². The predicted molar refractivity (Wildman–Crippen MR) is 85.5 cm³/mol. The molecule has 1 N–H and O–H groups in total. The van der Waals surface area contributed by atoms with Crippen molar-refractivity contribution in [2.24, 2.45) is 0 Å². The molecule has 1 fully saturated rings. The average molecular weight is 290 g/mol. The number of pyridine rings is 1. The Bertz CT molecular complexity index is 614. The van der Waals surface area contributed by atoms with Gasteiger partial charge in [0.25, 0.3) is 0 Å². The van der Waals surface area contributed by atoms with Gasteiger partial charge in [-0.15, -0.1) is 0 Å². The molecule has 0 aliphatic carbocycles. The zero-order chi connectivity index (χ0) is 14.1. The third-order valence-corrected chi connectivity index (χ3v) is 4.51. The molecule has 2 heterocycles. The van der Waals surface area contributed by atoms with Crippen LogP contribution >= 0.6 is 11.6 Å². The molecule has 0 spiro atoms. The van der Waals surface area contributed by atoms with Gasteiger partial charge in [0, 0.05) is 40.9 Å². The predicted octanol–water partition coefficient (Wildman–Crippen LogP) is 3.78. The molecule has 1 aliphatic rings. The highest BCUT2D eigenvalue weighted by Gasteiger charge is 2.22. The van der Waals surface area contributed by atoms with Gasteiger partial charge in [0.2, 0.25) is 0 Å². The third-order valence-electron chi connectivity index (χ3n) is 4.27. The van der Waals surface area contributed by atoms with Gasteiger partial charge in [0.1, 0.15) is 0 Å². The van der Waals surface area contributed by atoms with E-state index in [4.69, 9.17) is 11.6 Å². The number of benzene rings is 1. The minimum Gasteiger partial charge on any atom is -0.382 e. The summed E-state index contributed by atoms with van der Waals surface area (Å²) >= 11 is 6.03. The SMILES string of the molecule is CC1CC(Nc2ccnc3cc(Cl)ccc23)CCN1C. The number of nitrogens with zero attached hydrogens (tertiary/aromatic N) is 2. The Hall–Kier alpha value is -1.32. The highest BCUT2D eigenvalue weighted by Crippen LogP contribution is 2.27. The molecule has 0 saturated carbocycles. The van der Waals surface area contributed by atoms with E-state index in [0.717, 1.165) is 28.2 Å². The summed E-state index contributed by atoms with van der Waals surface area (Å²) in [4.78, 5) is 6.81. The van der Waals surface area contributed by atoms with Crippen LogP contribution < -0.4 is 5.32 Å². The lowest BCUT2D eigenvalue weighted by Gasteiger charge is -2.36. The molecule has 0 amide bonds. The lowest BCUT2D eigenvalue weighted by Crippen LogP contribution is -2.42. The van der Waals surface area contributed by atoms with Gasteiger partial charge in [-0.1, -0.05) is 11.6 Å². The Labute approximate surface area is 124 Å². The lowest BCUT2D eigenvalue weighted by atomic mass is 9.98. The number of piperidine rings is 1. The monoisotopic (exact) mass is 289 g/mol. The van der Waals surface area contributed by atoms with Crippen LogP contribution in [0.2, 0.25) is 5.02 Å². The van der Waals surface area contributed by atoms with E-state index in [1.54, 1.807) is 0 Å². The third kappa shape index (κ3) is 2.74. The van der Waals surface area contributed by atoms with Crippen molar-refractivity contribution in [3.8, 4) is 0 Å². The Morgan fingerprint density at radius 2 is 2.20 bits per heavy atom. The van der Waals surface area contributed by atoms with Crippen LogP contribution in [0.15, 0.2) is 30.5 Å². The number of rotatable bonds is 2. The highest BCUT2D eigenvalue weighted by molar-refractivity contribution is 6.31. The van der Waals surface area contributed by atoms with Gasteiger partial charge in [0.15, 0.2) is 0 Å². The standard InChI is InChI=1S/C16H20ClN3/c1-11-9-13(6-8-20(11)2)19-15-5-7-18-16-10-12(17)3-4-14(15)16/h3-5,7,10-11,13H,6,8-9H2,1-2H3,(H,18,19). The van der Waals surface area contributed by atoms with Gasteiger partial charge in [-0.3, -0.25) is 4.98 Å². The maximum absolute atomic E-state index is 6.03. The first-order valence-electron chi connectivity index (χ1n) is 7.14. The second kappa shape index (κ2) is 5.58. The fourth-order valence-electron chi connectivity index (χ4n) is 2.89. The number of fused-ring (bicyclic) bond motifs is 1. The molecule has 106 valence electrons. The molecule has 1 aromatic heterocycles. The Balaban J connectivity index is 1.84. The van der Waals surface area contributed by atoms with E-state index in [2.05, 4.69) is 35.2 Å².